The van der Waals surface area contributed by atoms with E-state index in [2.05, 4.69) is 29.4 Å². The second-order valence-corrected chi connectivity index (χ2v) is 7.49. The zero-order chi connectivity index (χ0) is 18.3. The smallest absolute Gasteiger partial charge is 0.317 e. The fourth-order valence-corrected chi connectivity index (χ4v) is 3.28. The van der Waals surface area contributed by atoms with Crippen molar-refractivity contribution in [2.45, 2.75) is 58.2 Å². The van der Waals surface area contributed by atoms with E-state index in [0.717, 1.165) is 32.4 Å². The molecule has 3 N–H and O–H groups in total. The average Bonchev–Trinajstić information content (AvgIpc) is 2.38. The molecule has 140 valence electrons. The maximum Gasteiger partial charge on any atom is 0.317 e. The SMILES string of the molecule is CCN(CC(=O)O)C1CC(NC(=O)NC(CC(C)C)CN(C)C)C1. The van der Waals surface area contributed by atoms with Crippen molar-refractivity contribution in [1.82, 2.24) is 20.4 Å². The molecule has 0 aromatic rings. The highest BCUT2D eigenvalue weighted by Gasteiger charge is 2.34. The molecular formula is C17H34N4O3. The van der Waals surface area contributed by atoms with E-state index in [9.17, 15) is 9.59 Å². The largest absolute Gasteiger partial charge is 0.480 e. The Morgan fingerprint density at radius 2 is 1.88 bits per heavy atom. The first-order valence-corrected chi connectivity index (χ1v) is 8.88. The van der Waals surface area contributed by atoms with Crippen LogP contribution < -0.4 is 10.6 Å². The van der Waals surface area contributed by atoms with Crippen LogP contribution in [0.4, 0.5) is 4.79 Å². The molecule has 1 unspecified atom stereocenters. The van der Waals surface area contributed by atoms with Crippen LogP contribution in [0.15, 0.2) is 0 Å². The molecule has 2 amide bonds. The summed E-state index contributed by atoms with van der Waals surface area (Å²) in [5, 5.41) is 15.0. The van der Waals surface area contributed by atoms with Gasteiger partial charge in [0.2, 0.25) is 0 Å². The van der Waals surface area contributed by atoms with Crippen molar-refractivity contribution in [2.75, 3.05) is 33.7 Å². The maximum atomic E-state index is 12.2. The molecule has 0 aromatic heterocycles. The van der Waals surface area contributed by atoms with E-state index in [1.165, 1.54) is 0 Å². The quantitative estimate of drug-likeness (QED) is 0.555. The molecule has 0 spiro atoms. The van der Waals surface area contributed by atoms with E-state index < -0.39 is 5.97 Å². The molecule has 1 rings (SSSR count). The van der Waals surface area contributed by atoms with E-state index in [4.69, 9.17) is 5.11 Å². The number of carboxylic acid groups (broad SMARTS) is 1. The van der Waals surface area contributed by atoms with Gasteiger partial charge in [-0.2, -0.15) is 0 Å². The number of carboxylic acids is 1. The average molecular weight is 342 g/mol. The van der Waals surface area contributed by atoms with Gasteiger partial charge in [0.15, 0.2) is 0 Å². The van der Waals surface area contributed by atoms with Gasteiger partial charge in [-0.3, -0.25) is 9.69 Å². The van der Waals surface area contributed by atoms with Gasteiger partial charge in [-0.1, -0.05) is 20.8 Å². The first kappa shape index (κ1) is 20.7. The van der Waals surface area contributed by atoms with Gasteiger partial charge < -0.3 is 20.6 Å². The summed E-state index contributed by atoms with van der Waals surface area (Å²) in [5.74, 6) is -0.274. The van der Waals surface area contributed by atoms with Gasteiger partial charge in [-0.05, 0) is 45.8 Å². The van der Waals surface area contributed by atoms with Crippen LogP contribution in [0.5, 0.6) is 0 Å². The zero-order valence-electron chi connectivity index (χ0n) is 15.7. The summed E-state index contributed by atoms with van der Waals surface area (Å²) in [6, 6.07) is 0.406. The topological polar surface area (TPSA) is 84.9 Å². The van der Waals surface area contributed by atoms with Crippen molar-refractivity contribution in [3.63, 3.8) is 0 Å². The molecule has 1 aliphatic carbocycles. The number of hydrogen-bond acceptors (Lipinski definition) is 4. The minimum Gasteiger partial charge on any atom is -0.480 e. The predicted molar refractivity (Wildman–Crippen MR) is 95.2 cm³/mol. The number of carbonyl (C=O) groups is 2. The second kappa shape index (κ2) is 9.84. The Kier molecular flexibility index (Phi) is 8.48. The van der Waals surface area contributed by atoms with Crippen LogP contribution >= 0.6 is 0 Å². The van der Waals surface area contributed by atoms with Gasteiger partial charge in [0, 0.05) is 24.7 Å². The highest BCUT2D eigenvalue weighted by Crippen LogP contribution is 2.25. The van der Waals surface area contributed by atoms with Crippen molar-refractivity contribution < 1.29 is 14.7 Å². The number of urea groups is 1. The Morgan fingerprint density at radius 1 is 1.25 bits per heavy atom. The lowest BCUT2D eigenvalue weighted by molar-refractivity contribution is -0.139. The summed E-state index contributed by atoms with van der Waals surface area (Å²) in [5.41, 5.74) is 0. The molecule has 1 atom stereocenters. The minimum absolute atomic E-state index is 0.0688. The summed E-state index contributed by atoms with van der Waals surface area (Å²) in [4.78, 5) is 27.1. The van der Waals surface area contributed by atoms with E-state index >= 15 is 0 Å². The number of carbonyl (C=O) groups excluding carboxylic acids is 1. The highest BCUT2D eigenvalue weighted by atomic mass is 16.4. The molecule has 0 saturated heterocycles. The molecule has 0 bridgehead atoms. The number of nitrogens with zero attached hydrogens (tertiary/aromatic N) is 2. The fourth-order valence-electron chi connectivity index (χ4n) is 3.28. The molecule has 1 saturated carbocycles. The van der Waals surface area contributed by atoms with Gasteiger partial charge >= 0.3 is 12.0 Å². The van der Waals surface area contributed by atoms with Crippen LogP contribution in [-0.2, 0) is 4.79 Å². The highest BCUT2D eigenvalue weighted by molar-refractivity contribution is 5.74. The lowest BCUT2D eigenvalue weighted by Crippen LogP contribution is -2.57. The van der Waals surface area contributed by atoms with Gasteiger partial charge in [0.1, 0.15) is 0 Å². The normalized spacial score (nSPS) is 21.7. The molecule has 7 heteroatoms. The van der Waals surface area contributed by atoms with E-state index in [-0.39, 0.29) is 30.7 Å². The van der Waals surface area contributed by atoms with E-state index in [0.29, 0.717) is 5.92 Å². The van der Waals surface area contributed by atoms with Crippen LogP contribution in [-0.4, -0.2) is 78.8 Å². The van der Waals surface area contributed by atoms with Gasteiger partial charge in [0.25, 0.3) is 0 Å². The molecule has 0 aliphatic heterocycles. The lowest BCUT2D eigenvalue weighted by atomic mass is 9.85. The number of likely N-dealkylation sites (N-methyl/N-ethyl adjacent to an activating group) is 2. The zero-order valence-corrected chi connectivity index (χ0v) is 15.7. The Bertz CT molecular complexity index is 399. The Labute approximate surface area is 145 Å². The fraction of sp³-hybridized carbons (Fsp3) is 0.882. The first-order valence-electron chi connectivity index (χ1n) is 8.88. The number of amides is 2. The third-order valence-electron chi connectivity index (χ3n) is 4.39. The summed E-state index contributed by atoms with van der Waals surface area (Å²) < 4.78 is 0. The van der Waals surface area contributed by atoms with Crippen molar-refractivity contribution in [3.8, 4) is 0 Å². The first-order chi connectivity index (χ1) is 11.2. The number of nitrogens with one attached hydrogen (secondary N) is 2. The summed E-state index contributed by atoms with van der Waals surface area (Å²) in [6.45, 7) is 7.88. The van der Waals surface area contributed by atoms with Gasteiger partial charge in [0.05, 0.1) is 6.54 Å². The van der Waals surface area contributed by atoms with Crippen LogP contribution in [0.2, 0.25) is 0 Å². The van der Waals surface area contributed by atoms with Gasteiger partial charge in [-0.25, -0.2) is 4.79 Å². The number of rotatable bonds is 10. The standard InChI is InChI=1S/C17H34N4O3/c1-6-21(11-16(22)23)15-8-13(9-15)18-17(24)19-14(7-12(2)3)10-20(4)5/h12-15H,6-11H2,1-5H3,(H,22,23)(H2,18,19,24). The third kappa shape index (κ3) is 7.49. The van der Waals surface area contributed by atoms with Crippen LogP contribution in [0.1, 0.15) is 40.0 Å². The predicted octanol–water partition coefficient (Wildman–Crippen LogP) is 1.20. The Morgan fingerprint density at radius 3 is 2.33 bits per heavy atom. The Hall–Kier alpha value is -1.34. The summed E-state index contributed by atoms with van der Waals surface area (Å²) in [6.07, 6.45) is 2.58. The Balaban J connectivity index is 2.36. The summed E-state index contributed by atoms with van der Waals surface area (Å²) >= 11 is 0. The minimum atomic E-state index is -0.800. The maximum absolute atomic E-state index is 12.2. The van der Waals surface area contributed by atoms with Gasteiger partial charge in [-0.15, -0.1) is 0 Å². The van der Waals surface area contributed by atoms with Crippen molar-refractivity contribution in [1.29, 1.82) is 0 Å². The molecule has 24 heavy (non-hydrogen) atoms. The van der Waals surface area contributed by atoms with Crippen LogP contribution in [0.3, 0.4) is 0 Å². The molecule has 1 aliphatic rings. The van der Waals surface area contributed by atoms with E-state index in [1.807, 2.05) is 25.9 Å². The van der Waals surface area contributed by atoms with Crippen LogP contribution in [0.25, 0.3) is 0 Å². The van der Waals surface area contributed by atoms with Crippen molar-refractivity contribution in [3.05, 3.63) is 0 Å². The molecule has 0 aromatic carbocycles. The monoisotopic (exact) mass is 342 g/mol. The molecule has 7 nitrogen and oxygen atoms in total. The molecular weight excluding hydrogens is 308 g/mol. The second-order valence-electron chi connectivity index (χ2n) is 7.49. The lowest BCUT2D eigenvalue weighted by Gasteiger charge is -2.42. The summed E-state index contributed by atoms with van der Waals surface area (Å²) in [7, 11) is 4.01. The number of aliphatic carboxylic acids is 1. The third-order valence-corrected chi connectivity index (χ3v) is 4.39. The van der Waals surface area contributed by atoms with Crippen molar-refractivity contribution >= 4 is 12.0 Å². The number of hydrogen-bond donors (Lipinski definition) is 3. The molecule has 0 radical (unpaired) electrons. The molecule has 0 heterocycles. The van der Waals surface area contributed by atoms with Crippen LogP contribution in [0, 0.1) is 5.92 Å². The van der Waals surface area contributed by atoms with Crippen molar-refractivity contribution in [2.24, 2.45) is 5.92 Å². The van der Waals surface area contributed by atoms with E-state index in [1.54, 1.807) is 0 Å². The molecule has 1 fully saturated rings.